The molecule has 0 aliphatic heterocycles. The maximum Gasteiger partial charge on any atom is 0.174 e. The monoisotopic (exact) mass is 310 g/mol. The van der Waals surface area contributed by atoms with Gasteiger partial charge < -0.3 is 5.11 Å². The zero-order valence-corrected chi connectivity index (χ0v) is 14.0. The van der Waals surface area contributed by atoms with E-state index < -0.39 is 0 Å². The number of hydrogen-bond acceptors (Lipinski definition) is 3. The Morgan fingerprint density at radius 2 is 1.57 bits per heavy atom. The predicted molar refractivity (Wildman–Crippen MR) is 91.3 cm³/mol. The molecule has 0 aromatic heterocycles. The average Bonchev–Trinajstić information content (AvgIpc) is 2.46. The van der Waals surface area contributed by atoms with Gasteiger partial charge in [0.05, 0.1) is 12.0 Å². The van der Waals surface area contributed by atoms with E-state index in [4.69, 9.17) is 0 Å². The van der Waals surface area contributed by atoms with Crippen molar-refractivity contribution in [3.63, 3.8) is 0 Å². The standard InChI is InChI=1S/C20H22O3/c1-13-5-10-16(18(22)11-13)19(23)12-17(21)14-6-8-15(9-7-14)20(2,3)4/h5-11,22H,12H2,1-4H3. The van der Waals surface area contributed by atoms with Gasteiger partial charge in [0.25, 0.3) is 0 Å². The second-order valence-corrected chi connectivity index (χ2v) is 6.87. The summed E-state index contributed by atoms with van der Waals surface area (Å²) in [5.41, 5.74) is 2.72. The molecule has 0 bridgehead atoms. The van der Waals surface area contributed by atoms with Crippen LogP contribution in [0.4, 0.5) is 0 Å². The third-order valence-electron chi connectivity index (χ3n) is 3.85. The van der Waals surface area contributed by atoms with Crippen molar-refractivity contribution in [1.29, 1.82) is 0 Å². The Morgan fingerprint density at radius 1 is 0.957 bits per heavy atom. The third-order valence-corrected chi connectivity index (χ3v) is 3.85. The largest absolute Gasteiger partial charge is 0.507 e. The van der Waals surface area contributed by atoms with Gasteiger partial charge in [-0.05, 0) is 35.6 Å². The molecule has 0 saturated carbocycles. The maximum atomic E-state index is 12.3. The molecule has 2 aromatic carbocycles. The Hall–Kier alpha value is -2.42. The van der Waals surface area contributed by atoms with Crippen molar-refractivity contribution in [2.75, 3.05) is 0 Å². The minimum atomic E-state index is -0.368. The van der Waals surface area contributed by atoms with Crippen LogP contribution >= 0.6 is 0 Å². The molecule has 0 unspecified atom stereocenters. The number of phenolic OH excluding ortho intramolecular Hbond substituents is 1. The van der Waals surface area contributed by atoms with E-state index in [9.17, 15) is 14.7 Å². The Labute approximate surface area is 137 Å². The van der Waals surface area contributed by atoms with Crippen LogP contribution in [0.2, 0.25) is 0 Å². The van der Waals surface area contributed by atoms with Crippen LogP contribution < -0.4 is 0 Å². The normalized spacial score (nSPS) is 11.3. The number of Topliss-reactive ketones (excluding diaryl/α,β-unsaturated/α-hetero) is 2. The van der Waals surface area contributed by atoms with E-state index in [0.717, 1.165) is 11.1 Å². The minimum absolute atomic E-state index is 0.0189. The maximum absolute atomic E-state index is 12.3. The van der Waals surface area contributed by atoms with Gasteiger partial charge in [0.2, 0.25) is 0 Å². The number of ketones is 2. The highest BCUT2D eigenvalue weighted by Gasteiger charge is 2.18. The number of hydrogen-bond donors (Lipinski definition) is 1. The highest BCUT2D eigenvalue weighted by atomic mass is 16.3. The van der Waals surface area contributed by atoms with E-state index in [1.165, 1.54) is 6.07 Å². The topological polar surface area (TPSA) is 54.4 Å². The van der Waals surface area contributed by atoms with Crippen LogP contribution in [-0.2, 0) is 5.41 Å². The lowest BCUT2D eigenvalue weighted by atomic mass is 9.86. The lowest BCUT2D eigenvalue weighted by Crippen LogP contribution is -2.12. The van der Waals surface area contributed by atoms with Gasteiger partial charge in [0.15, 0.2) is 11.6 Å². The zero-order chi connectivity index (χ0) is 17.2. The molecule has 2 rings (SSSR count). The Kier molecular flexibility index (Phi) is 4.69. The number of aromatic hydroxyl groups is 1. The van der Waals surface area contributed by atoms with Crippen LogP contribution in [0.5, 0.6) is 5.75 Å². The second kappa shape index (κ2) is 6.37. The summed E-state index contributed by atoms with van der Waals surface area (Å²) >= 11 is 0. The van der Waals surface area contributed by atoms with Crippen molar-refractivity contribution in [1.82, 2.24) is 0 Å². The number of phenols is 1. The number of carbonyl (C=O) groups excluding carboxylic acids is 2. The van der Waals surface area contributed by atoms with Gasteiger partial charge in [-0.15, -0.1) is 0 Å². The average molecular weight is 310 g/mol. The summed E-state index contributed by atoms with van der Waals surface area (Å²) in [6, 6.07) is 12.2. The summed E-state index contributed by atoms with van der Waals surface area (Å²) in [5.74, 6) is -0.686. The Bertz CT molecular complexity index is 734. The van der Waals surface area contributed by atoms with Crippen molar-refractivity contribution in [2.45, 2.75) is 39.5 Å². The van der Waals surface area contributed by atoms with Gasteiger partial charge in [-0.3, -0.25) is 9.59 Å². The molecule has 0 aliphatic carbocycles. The summed E-state index contributed by atoms with van der Waals surface area (Å²) in [6.45, 7) is 8.14. The van der Waals surface area contributed by atoms with Crippen molar-refractivity contribution in [3.05, 3.63) is 64.7 Å². The molecule has 0 aliphatic rings. The molecule has 0 spiro atoms. The number of aryl methyl sites for hydroxylation is 1. The first kappa shape index (κ1) is 16.9. The molecule has 3 heteroatoms. The smallest absolute Gasteiger partial charge is 0.174 e. The van der Waals surface area contributed by atoms with Gasteiger partial charge in [-0.2, -0.15) is 0 Å². The van der Waals surface area contributed by atoms with Gasteiger partial charge >= 0.3 is 0 Å². The quantitative estimate of drug-likeness (QED) is 0.670. The summed E-state index contributed by atoms with van der Waals surface area (Å²) in [6.07, 6.45) is -0.245. The fourth-order valence-corrected chi connectivity index (χ4v) is 2.38. The Morgan fingerprint density at radius 3 is 2.09 bits per heavy atom. The summed E-state index contributed by atoms with van der Waals surface area (Å²) in [7, 11) is 0. The zero-order valence-electron chi connectivity index (χ0n) is 14.0. The lowest BCUT2D eigenvalue weighted by molar-refractivity contribution is 0.0893. The molecule has 0 atom stereocenters. The molecule has 0 fully saturated rings. The van der Waals surface area contributed by atoms with Crippen LogP contribution in [-0.4, -0.2) is 16.7 Å². The van der Waals surface area contributed by atoms with Crippen LogP contribution in [0.3, 0.4) is 0 Å². The van der Waals surface area contributed by atoms with Crippen LogP contribution in [0, 0.1) is 6.92 Å². The van der Waals surface area contributed by atoms with E-state index in [1.54, 1.807) is 24.3 Å². The van der Waals surface area contributed by atoms with Crippen LogP contribution in [0.15, 0.2) is 42.5 Å². The molecule has 2 aromatic rings. The number of benzene rings is 2. The van der Waals surface area contributed by atoms with Crippen molar-refractivity contribution in [2.24, 2.45) is 0 Å². The van der Waals surface area contributed by atoms with E-state index in [-0.39, 0.29) is 34.7 Å². The molecular formula is C20H22O3. The molecule has 0 heterocycles. The van der Waals surface area contributed by atoms with E-state index in [0.29, 0.717) is 5.56 Å². The highest BCUT2D eigenvalue weighted by Crippen LogP contribution is 2.24. The van der Waals surface area contributed by atoms with Crippen molar-refractivity contribution < 1.29 is 14.7 Å². The molecule has 3 nitrogen and oxygen atoms in total. The van der Waals surface area contributed by atoms with E-state index >= 15 is 0 Å². The summed E-state index contributed by atoms with van der Waals surface area (Å²) in [4.78, 5) is 24.5. The van der Waals surface area contributed by atoms with E-state index in [2.05, 4.69) is 20.8 Å². The lowest BCUT2D eigenvalue weighted by Gasteiger charge is -2.18. The second-order valence-electron chi connectivity index (χ2n) is 6.87. The Balaban J connectivity index is 2.14. The SMILES string of the molecule is Cc1ccc(C(=O)CC(=O)c2ccc(C(C)(C)C)cc2)c(O)c1. The fourth-order valence-electron chi connectivity index (χ4n) is 2.38. The first-order valence-corrected chi connectivity index (χ1v) is 7.65. The molecule has 0 radical (unpaired) electrons. The number of rotatable bonds is 4. The van der Waals surface area contributed by atoms with Crippen molar-refractivity contribution >= 4 is 11.6 Å². The predicted octanol–water partition coefficient (Wildman–Crippen LogP) is 4.45. The third kappa shape index (κ3) is 4.07. The molecule has 1 N–H and O–H groups in total. The molecule has 23 heavy (non-hydrogen) atoms. The van der Waals surface area contributed by atoms with Crippen LogP contribution in [0.1, 0.15) is 59.0 Å². The molecule has 0 amide bonds. The summed E-state index contributed by atoms with van der Waals surface area (Å²) in [5, 5.41) is 9.84. The van der Waals surface area contributed by atoms with Crippen LogP contribution in [0.25, 0.3) is 0 Å². The number of carbonyl (C=O) groups is 2. The molecule has 120 valence electrons. The van der Waals surface area contributed by atoms with Gasteiger partial charge in [-0.25, -0.2) is 0 Å². The fraction of sp³-hybridized carbons (Fsp3) is 0.300. The van der Waals surface area contributed by atoms with Gasteiger partial charge in [0, 0.05) is 5.56 Å². The van der Waals surface area contributed by atoms with Gasteiger partial charge in [-0.1, -0.05) is 51.1 Å². The minimum Gasteiger partial charge on any atom is -0.507 e. The molecular weight excluding hydrogens is 288 g/mol. The van der Waals surface area contributed by atoms with Crippen molar-refractivity contribution in [3.8, 4) is 5.75 Å². The highest BCUT2D eigenvalue weighted by molar-refractivity contribution is 6.14. The first-order valence-electron chi connectivity index (χ1n) is 7.65. The van der Waals surface area contributed by atoms with Gasteiger partial charge in [0.1, 0.15) is 5.75 Å². The first-order chi connectivity index (χ1) is 10.7. The van der Waals surface area contributed by atoms with E-state index in [1.807, 2.05) is 19.1 Å². The molecule has 0 saturated heterocycles. The summed E-state index contributed by atoms with van der Waals surface area (Å²) < 4.78 is 0.